The van der Waals surface area contributed by atoms with Crippen molar-refractivity contribution < 1.29 is 4.42 Å². The highest BCUT2D eigenvalue weighted by Gasteiger charge is 2.08. The molecule has 0 amide bonds. The van der Waals surface area contributed by atoms with Gasteiger partial charge < -0.3 is 15.1 Å². The topological polar surface area (TPSA) is 107 Å². The smallest absolute Gasteiger partial charge is 0.258 e. The van der Waals surface area contributed by atoms with Crippen LogP contribution in [-0.4, -0.2) is 36.8 Å². The Morgan fingerprint density at radius 2 is 2.15 bits per heavy atom. The number of hydrogen-bond donors (Lipinski definition) is 2. The van der Waals surface area contributed by atoms with Crippen LogP contribution >= 0.6 is 0 Å². The summed E-state index contributed by atoms with van der Waals surface area (Å²) >= 11 is 0. The summed E-state index contributed by atoms with van der Waals surface area (Å²) in [5, 5.41) is 9.93. The van der Waals surface area contributed by atoms with Crippen molar-refractivity contribution >= 4 is 11.9 Å². The van der Waals surface area contributed by atoms with Gasteiger partial charge in [-0.2, -0.15) is 24.7 Å². The fourth-order valence-electron chi connectivity index (χ4n) is 1.55. The summed E-state index contributed by atoms with van der Waals surface area (Å²) in [7, 11) is 1.73. The molecule has 102 valence electrons. The van der Waals surface area contributed by atoms with Gasteiger partial charge in [-0.1, -0.05) is 0 Å². The van der Waals surface area contributed by atoms with Crippen molar-refractivity contribution in [2.75, 3.05) is 17.7 Å². The highest BCUT2D eigenvalue weighted by Crippen LogP contribution is 2.09. The highest BCUT2D eigenvalue weighted by molar-refractivity contribution is 5.37. The van der Waals surface area contributed by atoms with Crippen LogP contribution in [0.2, 0.25) is 0 Å². The third kappa shape index (κ3) is 2.55. The van der Waals surface area contributed by atoms with Crippen LogP contribution in [-0.2, 0) is 6.54 Å². The van der Waals surface area contributed by atoms with Gasteiger partial charge in [0.25, 0.3) is 5.95 Å². The van der Waals surface area contributed by atoms with Crippen LogP contribution in [0.15, 0.2) is 35.5 Å². The predicted octanol–water partition coefficient (Wildman–Crippen LogP) is 0.699. The van der Waals surface area contributed by atoms with Gasteiger partial charge in [0.1, 0.15) is 18.4 Å². The number of nitrogens with zero attached hydrogens (tertiary/aromatic N) is 6. The summed E-state index contributed by atoms with van der Waals surface area (Å²) in [6.07, 6.45) is 4.55. The van der Waals surface area contributed by atoms with E-state index < -0.39 is 0 Å². The largest absolute Gasteiger partial charge is 0.467 e. The number of anilines is 2. The number of nitrogens with one attached hydrogen (secondary N) is 2. The summed E-state index contributed by atoms with van der Waals surface area (Å²) in [6, 6.07) is 3.69. The number of furan rings is 1. The molecule has 0 unspecified atom stereocenters. The number of hydrogen-bond acceptors (Lipinski definition) is 8. The molecule has 9 nitrogen and oxygen atoms in total. The van der Waals surface area contributed by atoms with E-state index in [0.29, 0.717) is 24.4 Å². The van der Waals surface area contributed by atoms with Crippen molar-refractivity contribution in [1.82, 2.24) is 29.7 Å². The summed E-state index contributed by atoms with van der Waals surface area (Å²) in [5.41, 5.74) is 0. The molecule has 0 atom stereocenters. The van der Waals surface area contributed by atoms with Gasteiger partial charge in [-0.05, 0) is 12.1 Å². The lowest BCUT2D eigenvalue weighted by atomic mass is 10.4. The molecule has 3 aromatic heterocycles. The lowest BCUT2D eigenvalue weighted by Crippen LogP contribution is -2.11. The quantitative estimate of drug-likeness (QED) is 0.699. The molecule has 20 heavy (non-hydrogen) atoms. The van der Waals surface area contributed by atoms with Gasteiger partial charge in [-0.15, -0.1) is 0 Å². The average Bonchev–Trinajstić information content (AvgIpc) is 3.17. The predicted molar refractivity (Wildman–Crippen MR) is 70.3 cm³/mol. The van der Waals surface area contributed by atoms with Gasteiger partial charge in [0.15, 0.2) is 0 Å². The highest BCUT2D eigenvalue weighted by atomic mass is 16.3. The minimum atomic E-state index is 0.379. The summed E-state index contributed by atoms with van der Waals surface area (Å²) in [5.74, 6) is 2.03. The van der Waals surface area contributed by atoms with Gasteiger partial charge >= 0.3 is 0 Å². The molecule has 9 heteroatoms. The van der Waals surface area contributed by atoms with Crippen molar-refractivity contribution in [2.45, 2.75) is 6.54 Å². The third-order valence-electron chi connectivity index (χ3n) is 2.47. The second kappa shape index (κ2) is 5.34. The zero-order valence-electron chi connectivity index (χ0n) is 10.7. The maximum atomic E-state index is 5.24. The van der Waals surface area contributed by atoms with Crippen LogP contribution in [0, 0.1) is 0 Å². The molecule has 3 aromatic rings. The first kappa shape index (κ1) is 12.1. The van der Waals surface area contributed by atoms with Crippen molar-refractivity contribution in [3.05, 3.63) is 36.8 Å². The van der Waals surface area contributed by atoms with E-state index in [1.54, 1.807) is 13.3 Å². The summed E-state index contributed by atoms with van der Waals surface area (Å²) < 4.78 is 6.70. The molecule has 0 aliphatic heterocycles. The second-order valence-electron chi connectivity index (χ2n) is 3.81. The number of aromatic nitrogens is 6. The Kier molecular flexibility index (Phi) is 3.23. The Hall–Kier alpha value is -2.97. The maximum absolute atomic E-state index is 5.24. The van der Waals surface area contributed by atoms with Gasteiger partial charge in [0.2, 0.25) is 11.9 Å². The van der Waals surface area contributed by atoms with Crippen LogP contribution < -0.4 is 10.6 Å². The fraction of sp³-hybridized carbons (Fsp3) is 0.182. The van der Waals surface area contributed by atoms with E-state index in [1.165, 1.54) is 17.3 Å². The van der Waals surface area contributed by atoms with Crippen molar-refractivity contribution in [2.24, 2.45) is 0 Å². The minimum Gasteiger partial charge on any atom is -0.467 e. The fourth-order valence-corrected chi connectivity index (χ4v) is 1.55. The Bertz CT molecular complexity index is 664. The molecule has 3 rings (SSSR count). The molecule has 0 bridgehead atoms. The Labute approximate surface area is 114 Å². The monoisotopic (exact) mass is 272 g/mol. The second-order valence-corrected chi connectivity index (χ2v) is 3.81. The SMILES string of the molecule is CNc1nc(NCc2ccco2)nc(-n2cncn2)n1. The first-order valence-electron chi connectivity index (χ1n) is 5.90. The first-order chi connectivity index (χ1) is 9.85. The van der Waals surface area contributed by atoms with Crippen molar-refractivity contribution in [3.63, 3.8) is 0 Å². The average molecular weight is 272 g/mol. The molecule has 2 N–H and O–H groups in total. The van der Waals surface area contributed by atoms with Crippen LogP contribution in [0.5, 0.6) is 0 Å². The normalized spacial score (nSPS) is 10.4. The molecule has 0 radical (unpaired) electrons. The van der Waals surface area contributed by atoms with Gasteiger partial charge in [0, 0.05) is 7.05 Å². The minimum absolute atomic E-state index is 0.379. The van der Waals surface area contributed by atoms with Gasteiger partial charge in [-0.25, -0.2) is 4.98 Å². The van der Waals surface area contributed by atoms with Gasteiger partial charge in [0.05, 0.1) is 12.8 Å². The molecule has 0 fully saturated rings. The molecule has 0 aromatic carbocycles. The molecule has 0 spiro atoms. The van der Waals surface area contributed by atoms with E-state index >= 15 is 0 Å². The van der Waals surface area contributed by atoms with E-state index in [2.05, 4.69) is 35.7 Å². The third-order valence-corrected chi connectivity index (χ3v) is 2.47. The van der Waals surface area contributed by atoms with Crippen LogP contribution in [0.4, 0.5) is 11.9 Å². The molecule has 0 saturated carbocycles. The standard InChI is InChI=1S/C11H12N8O/c1-12-9-16-10(14-5-8-3-2-4-20-8)18-11(17-9)19-7-13-6-15-19/h2-4,6-7H,5H2,1H3,(H2,12,14,16,17,18). The van der Waals surface area contributed by atoms with E-state index in [0.717, 1.165) is 5.76 Å². The van der Waals surface area contributed by atoms with Crippen molar-refractivity contribution in [1.29, 1.82) is 0 Å². The van der Waals surface area contributed by atoms with E-state index in [4.69, 9.17) is 4.42 Å². The molecular weight excluding hydrogens is 260 g/mol. The number of rotatable bonds is 5. The zero-order chi connectivity index (χ0) is 13.8. The zero-order valence-corrected chi connectivity index (χ0v) is 10.7. The maximum Gasteiger partial charge on any atom is 0.258 e. The lowest BCUT2D eigenvalue weighted by Gasteiger charge is -2.07. The molecular formula is C11H12N8O. The Morgan fingerprint density at radius 1 is 1.25 bits per heavy atom. The molecule has 0 saturated heterocycles. The Balaban J connectivity index is 1.84. The lowest BCUT2D eigenvalue weighted by molar-refractivity contribution is 0.517. The van der Waals surface area contributed by atoms with E-state index in [9.17, 15) is 0 Å². The Morgan fingerprint density at radius 3 is 2.85 bits per heavy atom. The van der Waals surface area contributed by atoms with Crippen molar-refractivity contribution in [3.8, 4) is 5.95 Å². The van der Waals surface area contributed by atoms with E-state index in [-0.39, 0.29) is 0 Å². The van der Waals surface area contributed by atoms with Crippen LogP contribution in [0.25, 0.3) is 5.95 Å². The van der Waals surface area contributed by atoms with E-state index in [1.807, 2.05) is 12.1 Å². The van der Waals surface area contributed by atoms with Crippen LogP contribution in [0.3, 0.4) is 0 Å². The molecule has 0 aliphatic rings. The molecule has 3 heterocycles. The molecule has 0 aliphatic carbocycles. The first-order valence-corrected chi connectivity index (χ1v) is 5.90. The summed E-state index contributed by atoms with van der Waals surface area (Å²) in [4.78, 5) is 16.6. The van der Waals surface area contributed by atoms with Crippen LogP contribution in [0.1, 0.15) is 5.76 Å². The summed E-state index contributed by atoms with van der Waals surface area (Å²) in [6.45, 7) is 0.483. The van der Waals surface area contributed by atoms with Gasteiger partial charge in [-0.3, -0.25) is 0 Å².